The van der Waals surface area contributed by atoms with E-state index in [2.05, 4.69) is 20.8 Å². The Balaban J connectivity index is 1.88. The van der Waals surface area contributed by atoms with Crippen molar-refractivity contribution < 1.29 is 9.53 Å². The van der Waals surface area contributed by atoms with E-state index in [0.717, 1.165) is 25.1 Å². The molecule has 0 bridgehead atoms. The molecule has 134 valence electrons. The van der Waals surface area contributed by atoms with Gasteiger partial charge in [0.05, 0.1) is 13.2 Å². The van der Waals surface area contributed by atoms with E-state index in [1.807, 2.05) is 19.9 Å². The van der Waals surface area contributed by atoms with Crippen LogP contribution in [0.5, 0.6) is 5.75 Å². The van der Waals surface area contributed by atoms with Gasteiger partial charge in [-0.3, -0.25) is 4.79 Å². The highest BCUT2D eigenvalue weighted by molar-refractivity contribution is 5.95. The minimum absolute atomic E-state index is 0.110. The second-order valence-electron chi connectivity index (χ2n) is 6.51. The Morgan fingerprint density at radius 1 is 1.48 bits per heavy atom. The molecule has 1 heterocycles. The number of aromatic nitrogens is 4. The highest BCUT2D eigenvalue weighted by Gasteiger charge is 2.31. The lowest BCUT2D eigenvalue weighted by Crippen LogP contribution is -2.40. The van der Waals surface area contributed by atoms with Crippen molar-refractivity contribution in [2.75, 3.05) is 12.4 Å². The Morgan fingerprint density at radius 2 is 2.24 bits per heavy atom. The standard InChI is InChI=1S/C17H24N6O2/c1-4-10(2)15(18)17(24)19-12-7-8-14(25-3)13(9-12)23-16(11-5-6-11)20-21-22-23/h7-11,15H,4-6,18H2,1-3H3,(H,19,24). The highest BCUT2D eigenvalue weighted by atomic mass is 16.5. The van der Waals surface area contributed by atoms with Gasteiger partial charge in [0.25, 0.3) is 0 Å². The summed E-state index contributed by atoms with van der Waals surface area (Å²) in [4.78, 5) is 12.3. The average Bonchev–Trinajstić information content (AvgIpc) is 3.36. The molecule has 1 aromatic carbocycles. The molecule has 1 amide bonds. The summed E-state index contributed by atoms with van der Waals surface area (Å²) in [5.41, 5.74) is 7.34. The number of tetrazole rings is 1. The number of benzene rings is 1. The van der Waals surface area contributed by atoms with Gasteiger partial charge in [0.2, 0.25) is 5.91 Å². The van der Waals surface area contributed by atoms with E-state index < -0.39 is 6.04 Å². The first kappa shape index (κ1) is 17.3. The van der Waals surface area contributed by atoms with Gasteiger partial charge in [-0.2, -0.15) is 4.68 Å². The van der Waals surface area contributed by atoms with Crippen molar-refractivity contribution in [3.05, 3.63) is 24.0 Å². The quantitative estimate of drug-likeness (QED) is 0.794. The second-order valence-corrected chi connectivity index (χ2v) is 6.51. The van der Waals surface area contributed by atoms with Gasteiger partial charge < -0.3 is 15.8 Å². The van der Waals surface area contributed by atoms with Crippen LogP contribution < -0.4 is 15.8 Å². The molecule has 3 N–H and O–H groups in total. The van der Waals surface area contributed by atoms with Crippen LogP contribution in [0.2, 0.25) is 0 Å². The average molecular weight is 344 g/mol. The lowest BCUT2D eigenvalue weighted by atomic mass is 9.99. The molecule has 1 fully saturated rings. The smallest absolute Gasteiger partial charge is 0.241 e. The molecule has 25 heavy (non-hydrogen) atoms. The maximum atomic E-state index is 12.3. The third-order valence-corrected chi connectivity index (χ3v) is 4.67. The van der Waals surface area contributed by atoms with Crippen LogP contribution in [0.3, 0.4) is 0 Å². The number of anilines is 1. The van der Waals surface area contributed by atoms with Crippen LogP contribution in [0, 0.1) is 5.92 Å². The first-order valence-electron chi connectivity index (χ1n) is 8.58. The van der Waals surface area contributed by atoms with Crippen molar-refractivity contribution in [3.8, 4) is 11.4 Å². The number of carbonyl (C=O) groups excluding carboxylic acids is 1. The topological polar surface area (TPSA) is 108 Å². The van der Waals surface area contributed by atoms with Gasteiger partial charge in [-0.25, -0.2) is 0 Å². The molecule has 0 aliphatic heterocycles. The van der Waals surface area contributed by atoms with E-state index in [-0.39, 0.29) is 11.8 Å². The first-order chi connectivity index (χ1) is 12.0. The predicted octanol–water partition coefficient (Wildman–Crippen LogP) is 1.86. The number of amides is 1. The summed E-state index contributed by atoms with van der Waals surface area (Å²) < 4.78 is 7.11. The van der Waals surface area contributed by atoms with E-state index in [0.29, 0.717) is 23.0 Å². The summed E-state index contributed by atoms with van der Waals surface area (Å²) in [7, 11) is 1.59. The van der Waals surface area contributed by atoms with E-state index in [1.54, 1.807) is 23.9 Å². The molecule has 2 unspecified atom stereocenters. The summed E-state index contributed by atoms with van der Waals surface area (Å²) in [6.45, 7) is 3.98. The Hall–Kier alpha value is -2.48. The van der Waals surface area contributed by atoms with Crippen LogP contribution in [0.15, 0.2) is 18.2 Å². The zero-order valence-corrected chi connectivity index (χ0v) is 14.8. The van der Waals surface area contributed by atoms with Crippen molar-refractivity contribution in [2.45, 2.75) is 45.1 Å². The number of hydrogen-bond acceptors (Lipinski definition) is 6. The Bertz CT molecular complexity index is 755. The molecule has 1 aliphatic carbocycles. The van der Waals surface area contributed by atoms with Gasteiger partial charge >= 0.3 is 0 Å². The van der Waals surface area contributed by atoms with Crippen LogP contribution in [0.4, 0.5) is 5.69 Å². The second kappa shape index (κ2) is 7.18. The largest absolute Gasteiger partial charge is 0.494 e. The molecule has 0 spiro atoms. The Morgan fingerprint density at radius 3 is 2.88 bits per heavy atom. The molecule has 0 radical (unpaired) electrons. The number of nitrogens with two attached hydrogens (primary N) is 1. The lowest BCUT2D eigenvalue weighted by Gasteiger charge is -2.18. The summed E-state index contributed by atoms with van der Waals surface area (Å²) in [6, 6.07) is 4.83. The van der Waals surface area contributed by atoms with Gasteiger partial charge in [0.15, 0.2) is 5.82 Å². The van der Waals surface area contributed by atoms with Gasteiger partial charge in [0.1, 0.15) is 11.4 Å². The molecule has 0 saturated heterocycles. The Labute approximate surface area is 146 Å². The van der Waals surface area contributed by atoms with Crippen LogP contribution in [-0.4, -0.2) is 39.3 Å². The summed E-state index contributed by atoms with van der Waals surface area (Å²) in [6.07, 6.45) is 3.02. The number of nitrogens with zero attached hydrogens (tertiary/aromatic N) is 4. The monoisotopic (exact) mass is 344 g/mol. The number of rotatable bonds is 7. The maximum Gasteiger partial charge on any atom is 0.241 e. The van der Waals surface area contributed by atoms with E-state index in [4.69, 9.17) is 10.5 Å². The van der Waals surface area contributed by atoms with Crippen LogP contribution in [0.1, 0.15) is 44.9 Å². The molecule has 8 nitrogen and oxygen atoms in total. The maximum absolute atomic E-state index is 12.3. The third-order valence-electron chi connectivity index (χ3n) is 4.67. The zero-order valence-electron chi connectivity index (χ0n) is 14.8. The fourth-order valence-corrected chi connectivity index (χ4v) is 2.63. The number of ether oxygens (including phenoxy) is 1. The van der Waals surface area contributed by atoms with Crippen molar-refractivity contribution >= 4 is 11.6 Å². The summed E-state index contributed by atoms with van der Waals surface area (Å²) in [5.74, 6) is 1.75. The fourth-order valence-electron chi connectivity index (χ4n) is 2.63. The van der Waals surface area contributed by atoms with Gasteiger partial charge in [-0.05, 0) is 47.4 Å². The molecule has 2 aromatic rings. The Kier molecular flexibility index (Phi) is 4.98. The number of nitrogens with one attached hydrogen (secondary N) is 1. The normalized spacial score (nSPS) is 16.3. The first-order valence-corrected chi connectivity index (χ1v) is 8.58. The van der Waals surface area contributed by atoms with Crippen LogP contribution in [0.25, 0.3) is 5.69 Å². The van der Waals surface area contributed by atoms with Crippen LogP contribution >= 0.6 is 0 Å². The molecule has 1 saturated carbocycles. The fraction of sp³-hybridized carbons (Fsp3) is 0.529. The van der Waals surface area contributed by atoms with Crippen molar-refractivity contribution in [2.24, 2.45) is 11.7 Å². The summed E-state index contributed by atoms with van der Waals surface area (Å²) in [5, 5.41) is 14.9. The minimum atomic E-state index is -0.550. The lowest BCUT2D eigenvalue weighted by molar-refractivity contribution is -0.118. The van der Waals surface area contributed by atoms with E-state index in [1.165, 1.54) is 0 Å². The molecular weight excluding hydrogens is 320 g/mol. The van der Waals surface area contributed by atoms with Crippen molar-refractivity contribution in [1.29, 1.82) is 0 Å². The van der Waals surface area contributed by atoms with E-state index in [9.17, 15) is 4.79 Å². The van der Waals surface area contributed by atoms with Crippen molar-refractivity contribution in [3.63, 3.8) is 0 Å². The minimum Gasteiger partial charge on any atom is -0.494 e. The number of carbonyl (C=O) groups is 1. The molecule has 1 aliphatic rings. The zero-order chi connectivity index (χ0) is 18.0. The SMILES string of the molecule is CCC(C)C(N)C(=O)Nc1ccc(OC)c(-n2nnnc2C2CC2)c1. The predicted molar refractivity (Wildman–Crippen MR) is 93.7 cm³/mol. The van der Waals surface area contributed by atoms with Gasteiger partial charge in [0, 0.05) is 11.6 Å². The molecule has 2 atom stereocenters. The highest BCUT2D eigenvalue weighted by Crippen LogP contribution is 2.40. The van der Waals surface area contributed by atoms with Gasteiger partial charge in [-0.15, -0.1) is 5.10 Å². The summed E-state index contributed by atoms with van der Waals surface area (Å²) >= 11 is 0. The van der Waals surface area contributed by atoms with E-state index >= 15 is 0 Å². The molecule has 1 aromatic heterocycles. The number of methoxy groups -OCH3 is 1. The molecule has 3 rings (SSSR count). The van der Waals surface area contributed by atoms with Crippen molar-refractivity contribution in [1.82, 2.24) is 20.2 Å². The molecule has 8 heteroatoms. The van der Waals surface area contributed by atoms with Crippen LogP contribution in [-0.2, 0) is 4.79 Å². The number of hydrogen-bond donors (Lipinski definition) is 2. The molecular formula is C17H24N6O2. The third kappa shape index (κ3) is 3.63. The van der Waals surface area contributed by atoms with Gasteiger partial charge in [-0.1, -0.05) is 20.3 Å².